The molecule has 1 aromatic heterocycles. The third-order valence-electron chi connectivity index (χ3n) is 6.37. The lowest BCUT2D eigenvalue weighted by molar-refractivity contribution is -0.131. The fraction of sp³-hybridized carbons (Fsp3) is 0.435. The van der Waals surface area contributed by atoms with Crippen molar-refractivity contribution in [1.29, 1.82) is 0 Å². The first-order chi connectivity index (χ1) is 14.3. The Hall–Kier alpha value is -2.73. The number of fused-ring (bicyclic) bond motifs is 5. The van der Waals surface area contributed by atoms with E-state index in [-0.39, 0.29) is 5.91 Å². The molecule has 3 fully saturated rings. The smallest absolute Gasteiger partial charge is 0.224 e. The summed E-state index contributed by atoms with van der Waals surface area (Å²) < 4.78 is 1.85. The zero-order valence-corrected chi connectivity index (χ0v) is 16.7. The van der Waals surface area contributed by atoms with Gasteiger partial charge < -0.3 is 4.90 Å². The molecule has 3 aliphatic heterocycles. The molecular weight excluding hydrogens is 362 g/mol. The van der Waals surface area contributed by atoms with E-state index in [0.717, 1.165) is 37.2 Å². The van der Waals surface area contributed by atoms with Gasteiger partial charge in [-0.25, -0.2) is 4.68 Å². The Morgan fingerprint density at radius 1 is 0.966 bits per heavy atom. The molecule has 1 amide bonds. The minimum Gasteiger partial charge on any atom is -0.341 e. The number of hydrogen-bond donors (Lipinski definition) is 0. The fourth-order valence-corrected chi connectivity index (χ4v) is 4.84. The van der Waals surface area contributed by atoms with Crippen molar-refractivity contribution < 1.29 is 4.79 Å². The van der Waals surface area contributed by atoms with Gasteiger partial charge in [-0.1, -0.05) is 47.7 Å². The summed E-state index contributed by atoms with van der Waals surface area (Å²) >= 11 is 0. The van der Waals surface area contributed by atoms with E-state index in [1.807, 2.05) is 28.9 Å². The van der Waals surface area contributed by atoms with Gasteiger partial charge >= 0.3 is 0 Å². The number of para-hydroxylation sites is 1. The summed E-state index contributed by atoms with van der Waals surface area (Å²) in [5.41, 5.74) is 3.23. The number of carbonyl (C=O) groups is 1. The summed E-state index contributed by atoms with van der Waals surface area (Å²) in [4.78, 5) is 17.7. The maximum absolute atomic E-state index is 13.0. The molecule has 6 rings (SSSR count). The van der Waals surface area contributed by atoms with E-state index in [1.54, 1.807) is 0 Å². The van der Waals surface area contributed by atoms with Crippen molar-refractivity contribution in [3.8, 4) is 0 Å². The van der Waals surface area contributed by atoms with Gasteiger partial charge in [-0.05, 0) is 36.5 Å². The van der Waals surface area contributed by atoms with Crippen LogP contribution in [0.5, 0.6) is 0 Å². The maximum atomic E-state index is 13.0. The average Bonchev–Trinajstić information content (AvgIpc) is 2.94. The summed E-state index contributed by atoms with van der Waals surface area (Å²) in [6.07, 6.45) is 2.90. The minimum absolute atomic E-state index is 0.239. The molecule has 0 saturated carbocycles. The molecular formula is C23H27N5O. The Bertz CT molecular complexity index is 985. The SMILES string of the molecule is O=C(CCn1nnc2ccccc21)N1C[C@@H]2CC[C@H](C1)N(Cc1ccccc1)C2. The van der Waals surface area contributed by atoms with Gasteiger partial charge in [0.05, 0.1) is 12.1 Å². The van der Waals surface area contributed by atoms with E-state index < -0.39 is 0 Å². The predicted molar refractivity (Wildman–Crippen MR) is 112 cm³/mol. The minimum atomic E-state index is 0.239. The molecule has 4 heterocycles. The number of aryl methyl sites for hydroxylation is 1. The van der Waals surface area contributed by atoms with Crippen LogP contribution in [0.2, 0.25) is 0 Å². The molecule has 0 unspecified atom stereocenters. The zero-order valence-electron chi connectivity index (χ0n) is 16.7. The third kappa shape index (κ3) is 3.90. The van der Waals surface area contributed by atoms with Gasteiger partial charge in [0.25, 0.3) is 0 Å². The summed E-state index contributed by atoms with van der Waals surface area (Å²) in [5.74, 6) is 0.816. The van der Waals surface area contributed by atoms with Crippen LogP contribution in [-0.2, 0) is 17.9 Å². The van der Waals surface area contributed by atoms with E-state index >= 15 is 0 Å². The van der Waals surface area contributed by atoms with Crippen molar-refractivity contribution >= 4 is 16.9 Å². The van der Waals surface area contributed by atoms with Gasteiger partial charge in [0.1, 0.15) is 5.52 Å². The number of carbonyl (C=O) groups excluding carboxylic acids is 1. The molecule has 3 saturated heterocycles. The third-order valence-corrected chi connectivity index (χ3v) is 6.37. The van der Waals surface area contributed by atoms with Crippen LogP contribution in [0.1, 0.15) is 24.8 Å². The lowest BCUT2D eigenvalue weighted by Crippen LogP contribution is -2.44. The first kappa shape index (κ1) is 18.3. The highest BCUT2D eigenvalue weighted by atomic mass is 16.2. The highest BCUT2D eigenvalue weighted by Crippen LogP contribution is 2.29. The molecule has 6 heteroatoms. The Balaban J connectivity index is 1.23. The quantitative estimate of drug-likeness (QED) is 0.673. The zero-order chi connectivity index (χ0) is 19.6. The number of amides is 1. The van der Waals surface area contributed by atoms with E-state index in [1.165, 1.54) is 18.4 Å². The van der Waals surface area contributed by atoms with E-state index in [4.69, 9.17) is 0 Å². The molecule has 2 aromatic carbocycles. The van der Waals surface area contributed by atoms with Crippen LogP contribution < -0.4 is 0 Å². The first-order valence-corrected chi connectivity index (χ1v) is 10.6. The highest BCUT2D eigenvalue weighted by molar-refractivity contribution is 5.77. The molecule has 2 bridgehead atoms. The second kappa shape index (κ2) is 7.95. The van der Waals surface area contributed by atoms with Crippen LogP contribution in [0.4, 0.5) is 0 Å². The van der Waals surface area contributed by atoms with Crippen molar-refractivity contribution in [3.05, 3.63) is 60.2 Å². The number of rotatable bonds is 5. The number of piperidine rings is 1. The number of nitrogens with zero attached hydrogens (tertiary/aromatic N) is 5. The molecule has 3 aromatic rings. The van der Waals surface area contributed by atoms with Gasteiger partial charge in [0.2, 0.25) is 5.91 Å². The number of aromatic nitrogens is 3. The summed E-state index contributed by atoms with van der Waals surface area (Å²) in [7, 11) is 0. The monoisotopic (exact) mass is 389 g/mol. The van der Waals surface area contributed by atoms with Crippen LogP contribution in [0.15, 0.2) is 54.6 Å². The van der Waals surface area contributed by atoms with Crippen molar-refractivity contribution in [1.82, 2.24) is 24.8 Å². The molecule has 2 atom stereocenters. The Labute approximate surface area is 171 Å². The van der Waals surface area contributed by atoms with Gasteiger partial charge in [0.15, 0.2) is 0 Å². The fourth-order valence-electron chi connectivity index (χ4n) is 4.84. The van der Waals surface area contributed by atoms with Crippen molar-refractivity contribution in [2.24, 2.45) is 5.92 Å². The van der Waals surface area contributed by atoms with Crippen LogP contribution in [0.3, 0.4) is 0 Å². The molecule has 6 nitrogen and oxygen atoms in total. The largest absolute Gasteiger partial charge is 0.341 e. The summed E-state index contributed by atoms with van der Waals surface area (Å²) in [5, 5.41) is 8.41. The molecule has 0 radical (unpaired) electrons. The van der Waals surface area contributed by atoms with Crippen LogP contribution in [0.25, 0.3) is 11.0 Å². The average molecular weight is 390 g/mol. The predicted octanol–water partition coefficient (Wildman–Crippen LogP) is 2.94. The van der Waals surface area contributed by atoms with Gasteiger partial charge in [-0.3, -0.25) is 9.69 Å². The lowest BCUT2D eigenvalue weighted by atomic mass is 9.94. The summed E-state index contributed by atoms with van der Waals surface area (Å²) in [6.45, 7) is 4.39. The van der Waals surface area contributed by atoms with Crippen molar-refractivity contribution in [3.63, 3.8) is 0 Å². The van der Waals surface area contributed by atoms with Gasteiger partial charge in [0, 0.05) is 38.6 Å². The van der Waals surface area contributed by atoms with E-state index in [0.29, 0.717) is 24.9 Å². The maximum Gasteiger partial charge on any atom is 0.224 e. The highest BCUT2D eigenvalue weighted by Gasteiger charge is 2.36. The second-order valence-electron chi connectivity index (χ2n) is 8.36. The van der Waals surface area contributed by atoms with Crippen molar-refractivity contribution in [2.45, 2.75) is 38.4 Å². The van der Waals surface area contributed by atoms with E-state index in [9.17, 15) is 4.79 Å². The normalized spacial score (nSPS) is 22.1. The van der Waals surface area contributed by atoms with Crippen LogP contribution in [-0.4, -0.2) is 56.4 Å². The molecule has 0 spiro atoms. The lowest BCUT2D eigenvalue weighted by Gasteiger charge is -2.36. The molecule has 0 N–H and O–H groups in total. The van der Waals surface area contributed by atoms with Crippen LogP contribution in [0, 0.1) is 5.92 Å². The number of benzene rings is 2. The van der Waals surface area contributed by atoms with Crippen molar-refractivity contribution in [2.75, 3.05) is 19.6 Å². The molecule has 3 aliphatic rings. The van der Waals surface area contributed by atoms with Crippen LogP contribution >= 0.6 is 0 Å². The van der Waals surface area contributed by atoms with Gasteiger partial charge in [-0.2, -0.15) is 0 Å². The Kier molecular flexibility index (Phi) is 5.02. The molecule has 0 aliphatic carbocycles. The van der Waals surface area contributed by atoms with Gasteiger partial charge in [-0.15, -0.1) is 5.10 Å². The summed E-state index contributed by atoms with van der Waals surface area (Å²) in [6, 6.07) is 19.0. The molecule has 150 valence electrons. The van der Waals surface area contributed by atoms with E-state index in [2.05, 4.69) is 50.4 Å². The Morgan fingerprint density at radius 2 is 1.79 bits per heavy atom. The topological polar surface area (TPSA) is 54.3 Å². The second-order valence-corrected chi connectivity index (χ2v) is 8.36. The first-order valence-electron chi connectivity index (χ1n) is 10.6. The Morgan fingerprint density at radius 3 is 2.69 bits per heavy atom. The number of hydrogen-bond acceptors (Lipinski definition) is 4. The molecule has 29 heavy (non-hydrogen) atoms. The standard InChI is InChI=1S/C23H27N5O/c29-23(12-13-28-22-9-5-4-8-21(22)24-25-28)27-16-19-10-11-20(17-27)26(15-19)14-18-6-2-1-3-7-18/h1-9,19-20H,10-17H2/t19-,20-/m1/s1.